The Morgan fingerprint density at radius 3 is 2.42 bits per heavy atom. The van der Waals surface area contributed by atoms with Gasteiger partial charge in [0, 0.05) is 16.2 Å². The molecule has 2 aromatic carbocycles. The molecule has 24 heavy (non-hydrogen) atoms. The molecule has 7 heteroatoms. The highest BCUT2D eigenvalue weighted by Crippen LogP contribution is 2.20. The molecule has 2 amide bonds. The third-order valence-electron chi connectivity index (χ3n) is 3.04. The van der Waals surface area contributed by atoms with E-state index in [9.17, 15) is 14.0 Å². The van der Waals surface area contributed by atoms with Gasteiger partial charge >= 0.3 is 0 Å². The van der Waals surface area contributed by atoms with Crippen molar-refractivity contribution in [2.75, 3.05) is 12.0 Å². The number of thioether (sulfide) groups is 2. The molecule has 4 nitrogen and oxygen atoms in total. The number of hydrogen-bond donors (Lipinski definition) is 2. The van der Waals surface area contributed by atoms with Crippen molar-refractivity contribution in [1.82, 2.24) is 10.9 Å². The van der Waals surface area contributed by atoms with E-state index in [4.69, 9.17) is 0 Å². The SMILES string of the molecule is CSCc1ccc(C(=O)NNC(=O)CSc2ccccc2F)cc1. The summed E-state index contributed by atoms with van der Waals surface area (Å²) < 4.78 is 13.4. The van der Waals surface area contributed by atoms with Crippen molar-refractivity contribution in [1.29, 1.82) is 0 Å². The van der Waals surface area contributed by atoms with Crippen LogP contribution in [0.1, 0.15) is 15.9 Å². The maximum absolute atomic E-state index is 13.4. The fourth-order valence-electron chi connectivity index (χ4n) is 1.86. The number of hydrazine groups is 1. The van der Waals surface area contributed by atoms with Gasteiger partial charge in [-0.1, -0.05) is 24.3 Å². The molecule has 0 heterocycles. The zero-order chi connectivity index (χ0) is 17.4. The van der Waals surface area contributed by atoms with E-state index >= 15 is 0 Å². The van der Waals surface area contributed by atoms with E-state index in [2.05, 4.69) is 10.9 Å². The van der Waals surface area contributed by atoms with Gasteiger partial charge in [0.05, 0.1) is 5.75 Å². The number of halogens is 1. The minimum atomic E-state index is -0.407. The lowest BCUT2D eigenvalue weighted by molar-refractivity contribution is -0.119. The van der Waals surface area contributed by atoms with E-state index < -0.39 is 11.8 Å². The van der Waals surface area contributed by atoms with Gasteiger partial charge in [-0.3, -0.25) is 20.4 Å². The summed E-state index contributed by atoms with van der Waals surface area (Å²) in [4.78, 5) is 24.1. The minimum absolute atomic E-state index is 0.00781. The van der Waals surface area contributed by atoms with Gasteiger partial charge in [0.1, 0.15) is 5.82 Å². The zero-order valence-corrected chi connectivity index (χ0v) is 14.7. The molecule has 0 bridgehead atoms. The summed E-state index contributed by atoms with van der Waals surface area (Å²) in [6.07, 6.45) is 2.01. The maximum atomic E-state index is 13.4. The Balaban J connectivity index is 1.78. The van der Waals surface area contributed by atoms with E-state index in [1.165, 1.54) is 6.07 Å². The van der Waals surface area contributed by atoms with Gasteiger partial charge in [-0.05, 0) is 36.1 Å². The summed E-state index contributed by atoms with van der Waals surface area (Å²) in [5.74, 6) is -0.282. The molecule has 0 aliphatic heterocycles. The van der Waals surface area contributed by atoms with Crippen LogP contribution in [0.5, 0.6) is 0 Å². The molecular weight excluding hydrogens is 347 g/mol. The normalized spacial score (nSPS) is 10.2. The predicted molar refractivity (Wildman–Crippen MR) is 96.4 cm³/mol. The number of amides is 2. The fraction of sp³-hybridized carbons (Fsp3) is 0.176. The molecule has 2 aromatic rings. The quantitative estimate of drug-likeness (QED) is 0.610. The molecule has 126 valence electrons. The summed E-state index contributed by atoms with van der Waals surface area (Å²) >= 11 is 2.77. The van der Waals surface area contributed by atoms with Crippen LogP contribution in [-0.2, 0) is 10.5 Å². The van der Waals surface area contributed by atoms with E-state index in [-0.39, 0.29) is 11.6 Å². The second kappa shape index (κ2) is 9.34. The van der Waals surface area contributed by atoms with Crippen LogP contribution in [0.3, 0.4) is 0 Å². The maximum Gasteiger partial charge on any atom is 0.269 e. The van der Waals surface area contributed by atoms with Gasteiger partial charge in [-0.25, -0.2) is 4.39 Å². The van der Waals surface area contributed by atoms with Crippen molar-refractivity contribution in [3.63, 3.8) is 0 Å². The zero-order valence-electron chi connectivity index (χ0n) is 13.0. The second-order valence-corrected chi connectivity index (χ2v) is 6.73. The molecule has 0 saturated heterocycles. The first-order valence-corrected chi connectivity index (χ1v) is 9.52. The van der Waals surface area contributed by atoms with Gasteiger partial charge in [0.15, 0.2) is 0 Å². The van der Waals surface area contributed by atoms with Crippen LogP contribution in [0, 0.1) is 5.82 Å². The molecule has 0 fully saturated rings. The van der Waals surface area contributed by atoms with E-state index in [0.29, 0.717) is 10.5 Å². The average molecular weight is 364 g/mol. The minimum Gasteiger partial charge on any atom is -0.272 e. The smallest absolute Gasteiger partial charge is 0.269 e. The van der Waals surface area contributed by atoms with Crippen molar-refractivity contribution < 1.29 is 14.0 Å². The largest absolute Gasteiger partial charge is 0.272 e. The third-order valence-corrected chi connectivity index (χ3v) is 4.71. The molecule has 0 radical (unpaired) electrons. The van der Waals surface area contributed by atoms with E-state index in [0.717, 1.165) is 23.1 Å². The Morgan fingerprint density at radius 1 is 1.04 bits per heavy atom. The van der Waals surface area contributed by atoms with Gasteiger partial charge < -0.3 is 0 Å². The van der Waals surface area contributed by atoms with Crippen molar-refractivity contribution >= 4 is 35.3 Å². The summed E-state index contributed by atoms with van der Waals surface area (Å²) in [6, 6.07) is 13.4. The monoisotopic (exact) mass is 364 g/mol. The molecule has 0 aromatic heterocycles. The number of nitrogens with one attached hydrogen (secondary N) is 2. The predicted octanol–water partition coefficient (Wildman–Crippen LogP) is 3.24. The van der Waals surface area contributed by atoms with Crippen LogP contribution >= 0.6 is 23.5 Å². The molecule has 0 aliphatic rings. The lowest BCUT2D eigenvalue weighted by Crippen LogP contribution is -2.42. The first kappa shape index (κ1) is 18.4. The first-order valence-electron chi connectivity index (χ1n) is 7.14. The number of carbonyl (C=O) groups is 2. The molecule has 0 unspecified atom stereocenters. The van der Waals surface area contributed by atoms with Crippen LogP contribution < -0.4 is 10.9 Å². The van der Waals surface area contributed by atoms with Gasteiger partial charge in [0.25, 0.3) is 5.91 Å². The Bertz CT molecular complexity index is 708. The number of rotatable bonds is 6. The molecule has 2 rings (SSSR count). The summed E-state index contributed by atoms with van der Waals surface area (Å²) in [7, 11) is 0. The van der Waals surface area contributed by atoms with Crippen LogP contribution in [0.4, 0.5) is 4.39 Å². The number of carbonyl (C=O) groups excluding carboxylic acids is 2. The van der Waals surface area contributed by atoms with E-state index in [1.54, 1.807) is 42.1 Å². The molecule has 0 atom stereocenters. The first-order chi connectivity index (χ1) is 11.6. The Kier molecular flexibility index (Phi) is 7.14. The van der Waals surface area contributed by atoms with Gasteiger partial charge in [0.2, 0.25) is 5.91 Å². The van der Waals surface area contributed by atoms with E-state index in [1.807, 2.05) is 18.4 Å². The highest BCUT2D eigenvalue weighted by molar-refractivity contribution is 8.00. The lowest BCUT2D eigenvalue weighted by atomic mass is 10.1. The number of hydrogen-bond acceptors (Lipinski definition) is 4. The molecule has 0 aliphatic carbocycles. The summed E-state index contributed by atoms with van der Waals surface area (Å²) in [5, 5.41) is 0. The third kappa shape index (κ3) is 5.58. The van der Waals surface area contributed by atoms with Gasteiger partial charge in [-0.2, -0.15) is 11.8 Å². The fourth-order valence-corrected chi connectivity index (χ4v) is 3.12. The highest BCUT2D eigenvalue weighted by Gasteiger charge is 2.09. The summed E-state index contributed by atoms with van der Waals surface area (Å²) in [5.41, 5.74) is 6.26. The molecule has 2 N–H and O–H groups in total. The van der Waals surface area contributed by atoms with Gasteiger partial charge in [-0.15, -0.1) is 11.8 Å². The van der Waals surface area contributed by atoms with Crippen LogP contribution in [-0.4, -0.2) is 23.8 Å². The second-order valence-electron chi connectivity index (χ2n) is 4.85. The molecule has 0 spiro atoms. The lowest BCUT2D eigenvalue weighted by Gasteiger charge is -2.08. The Hall–Kier alpha value is -1.99. The number of benzene rings is 2. The van der Waals surface area contributed by atoms with Crippen molar-refractivity contribution in [3.05, 3.63) is 65.5 Å². The summed E-state index contributed by atoms with van der Waals surface area (Å²) in [6.45, 7) is 0. The molecule has 0 saturated carbocycles. The van der Waals surface area contributed by atoms with Crippen molar-refractivity contribution in [3.8, 4) is 0 Å². The van der Waals surface area contributed by atoms with Crippen LogP contribution in [0.15, 0.2) is 53.4 Å². The average Bonchev–Trinajstić information content (AvgIpc) is 2.60. The standard InChI is InChI=1S/C17H17FN2O2S2/c1-23-10-12-6-8-13(9-7-12)17(22)20-19-16(21)11-24-15-5-3-2-4-14(15)18/h2-9H,10-11H2,1H3,(H,19,21)(H,20,22). The van der Waals surface area contributed by atoms with Crippen molar-refractivity contribution in [2.24, 2.45) is 0 Å². The van der Waals surface area contributed by atoms with Crippen molar-refractivity contribution in [2.45, 2.75) is 10.6 Å². The Labute approximate surface area is 148 Å². The Morgan fingerprint density at radius 2 is 1.75 bits per heavy atom. The highest BCUT2D eigenvalue weighted by atomic mass is 32.2. The van der Waals surface area contributed by atoms with Crippen LogP contribution in [0.25, 0.3) is 0 Å². The van der Waals surface area contributed by atoms with Crippen LogP contribution in [0.2, 0.25) is 0 Å². The molecular formula is C17H17FN2O2S2. The topological polar surface area (TPSA) is 58.2 Å².